The highest BCUT2D eigenvalue weighted by Gasteiger charge is 2.11. The zero-order valence-corrected chi connectivity index (χ0v) is 9.28. The molecule has 84 valence electrons. The van der Waals surface area contributed by atoms with E-state index in [1.165, 1.54) is 0 Å². The van der Waals surface area contributed by atoms with E-state index in [0.717, 1.165) is 11.1 Å². The molecule has 0 aromatic heterocycles. The Kier molecular flexibility index (Phi) is 4.41. The van der Waals surface area contributed by atoms with Gasteiger partial charge in [0.2, 0.25) is 0 Å². The maximum atomic E-state index is 10.8. The lowest BCUT2D eigenvalue weighted by Crippen LogP contribution is -2.14. The van der Waals surface area contributed by atoms with Crippen LogP contribution in [0.25, 0.3) is 0 Å². The standard InChI is InChI=1S/C10H15NO3S/c1-7(15(13)14)8-2-4-9(5-3-8)10(11)6-12/h2-5,7,10,12H,6,11H2,1H3,(H,13,14)/t7?,10-/m0/s1. The fourth-order valence-corrected chi connectivity index (χ4v) is 1.63. The number of rotatable bonds is 4. The van der Waals surface area contributed by atoms with Crippen LogP contribution in [0.4, 0.5) is 0 Å². The first-order valence-corrected chi connectivity index (χ1v) is 5.79. The molecular formula is C10H15NO3S. The zero-order valence-electron chi connectivity index (χ0n) is 8.46. The van der Waals surface area contributed by atoms with E-state index in [-0.39, 0.29) is 6.61 Å². The molecule has 0 aliphatic carbocycles. The lowest BCUT2D eigenvalue weighted by molar-refractivity contribution is 0.268. The third kappa shape index (κ3) is 3.10. The quantitative estimate of drug-likeness (QED) is 0.671. The van der Waals surface area contributed by atoms with Crippen molar-refractivity contribution in [2.45, 2.75) is 18.2 Å². The van der Waals surface area contributed by atoms with Crippen molar-refractivity contribution in [2.75, 3.05) is 6.61 Å². The van der Waals surface area contributed by atoms with E-state index in [1.807, 2.05) is 0 Å². The molecule has 2 unspecified atom stereocenters. The Balaban J connectivity index is 2.85. The maximum absolute atomic E-state index is 10.8. The van der Waals surface area contributed by atoms with Crippen molar-refractivity contribution in [1.29, 1.82) is 0 Å². The molecule has 0 fully saturated rings. The second-order valence-corrected chi connectivity index (χ2v) is 4.63. The molecule has 0 aliphatic heterocycles. The van der Waals surface area contributed by atoms with Crippen LogP contribution in [0.15, 0.2) is 24.3 Å². The van der Waals surface area contributed by atoms with Gasteiger partial charge in [0.05, 0.1) is 17.9 Å². The van der Waals surface area contributed by atoms with Crippen molar-refractivity contribution in [3.63, 3.8) is 0 Å². The SMILES string of the molecule is CC(c1ccc([C@@H](N)CO)cc1)S(=O)O. The lowest BCUT2D eigenvalue weighted by atomic mass is 10.1. The normalized spacial score (nSPS) is 17.1. The van der Waals surface area contributed by atoms with Gasteiger partial charge in [0, 0.05) is 0 Å². The van der Waals surface area contributed by atoms with Crippen molar-refractivity contribution in [3.8, 4) is 0 Å². The van der Waals surface area contributed by atoms with E-state index in [0.29, 0.717) is 0 Å². The molecule has 1 rings (SSSR count). The Hall–Kier alpha value is -0.750. The summed E-state index contributed by atoms with van der Waals surface area (Å²) < 4.78 is 19.7. The van der Waals surface area contributed by atoms with E-state index < -0.39 is 22.4 Å². The van der Waals surface area contributed by atoms with Gasteiger partial charge in [-0.05, 0) is 18.1 Å². The van der Waals surface area contributed by atoms with Gasteiger partial charge in [-0.25, -0.2) is 4.21 Å². The van der Waals surface area contributed by atoms with E-state index in [4.69, 9.17) is 15.4 Å². The summed E-state index contributed by atoms with van der Waals surface area (Å²) in [4.78, 5) is 0. The molecule has 1 aromatic carbocycles. The van der Waals surface area contributed by atoms with Crippen LogP contribution >= 0.6 is 0 Å². The Labute approximate surface area is 91.4 Å². The molecule has 4 nitrogen and oxygen atoms in total. The smallest absolute Gasteiger partial charge is 0.160 e. The van der Waals surface area contributed by atoms with E-state index in [9.17, 15) is 4.21 Å². The molecule has 0 heterocycles. The van der Waals surface area contributed by atoms with Crippen molar-refractivity contribution in [1.82, 2.24) is 0 Å². The molecule has 5 heteroatoms. The van der Waals surface area contributed by atoms with Crippen LogP contribution < -0.4 is 5.73 Å². The molecule has 0 aliphatic rings. The predicted octanol–water partition coefficient (Wildman–Crippen LogP) is 0.961. The Morgan fingerprint density at radius 2 is 1.80 bits per heavy atom. The number of hydrogen-bond donors (Lipinski definition) is 3. The zero-order chi connectivity index (χ0) is 11.4. The minimum absolute atomic E-state index is 0.110. The number of aliphatic hydroxyl groups excluding tert-OH is 1. The van der Waals surface area contributed by atoms with E-state index in [1.54, 1.807) is 31.2 Å². The summed E-state index contributed by atoms with van der Waals surface area (Å²) in [5.41, 5.74) is 7.22. The Bertz CT molecular complexity index is 339. The largest absolute Gasteiger partial charge is 0.394 e. The first-order valence-electron chi connectivity index (χ1n) is 4.62. The van der Waals surface area contributed by atoms with Gasteiger partial charge in [-0.1, -0.05) is 24.3 Å². The number of nitrogens with two attached hydrogens (primary N) is 1. The van der Waals surface area contributed by atoms with Crippen molar-refractivity contribution in [2.24, 2.45) is 5.73 Å². The average Bonchev–Trinajstić information content (AvgIpc) is 2.27. The number of hydrogen-bond acceptors (Lipinski definition) is 3. The highest BCUT2D eigenvalue weighted by Crippen LogP contribution is 2.20. The topological polar surface area (TPSA) is 83.5 Å². The Morgan fingerprint density at radius 3 is 2.20 bits per heavy atom. The van der Waals surface area contributed by atoms with Crippen LogP contribution in [-0.2, 0) is 11.1 Å². The summed E-state index contributed by atoms with van der Waals surface area (Å²) in [6.07, 6.45) is 0. The summed E-state index contributed by atoms with van der Waals surface area (Å²) in [6, 6.07) is 6.64. The molecular weight excluding hydrogens is 214 g/mol. The number of aliphatic hydroxyl groups is 1. The monoisotopic (exact) mass is 229 g/mol. The summed E-state index contributed by atoms with van der Waals surface area (Å²) in [6.45, 7) is 1.57. The van der Waals surface area contributed by atoms with Crippen molar-refractivity contribution < 1.29 is 13.9 Å². The van der Waals surface area contributed by atoms with Gasteiger partial charge in [-0.2, -0.15) is 0 Å². The minimum atomic E-state index is -1.86. The van der Waals surface area contributed by atoms with Crippen LogP contribution in [0.5, 0.6) is 0 Å². The second-order valence-electron chi connectivity index (χ2n) is 3.37. The van der Waals surface area contributed by atoms with Gasteiger partial charge in [0.25, 0.3) is 0 Å². The Morgan fingerprint density at radius 1 is 1.33 bits per heavy atom. The fraction of sp³-hybridized carbons (Fsp3) is 0.400. The third-order valence-corrected chi connectivity index (χ3v) is 3.21. The van der Waals surface area contributed by atoms with Gasteiger partial charge in [0.15, 0.2) is 11.1 Å². The molecule has 1 aromatic rings. The summed E-state index contributed by atoms with van der Waals surface area (Å²) in [7, 11) is 0. The van der Waals surface area contributed by atoms with Crippen LogP contribution in [0.2, 0.25) is 0 Å². The van der Waals surface area contributed by atoms with Gasteiger partial charge in [-0.3, -0.25) is 0 Å². The maximum Gasteiger partial charge on any atom is 0.160 e. The molecule has 0 saturated heterocycles. The minimum Gasteiger partial charge on any atom is -0.394 e. The fourth-order valence-electron chi connectivity index (χ4n) is 1.24. The molecule has 0 radical (unpaired) electrons. The van der Waals surface area contributed by atoms with Gasteiger partial charge in [0.1, 0.15) is 0 Å². The van der Waals surface area contributed by atoms with Crippen LogP contribution in [0.3, 0.4) is 0 Å². The number of benzene rings is 1. The van der Waals surface area contributed by atoms with Gasteiger partial charge >= 0.3 is 0 Å². The van der Waals surface area contributed by atoms with Crippen LogP contribution in [0.1, 0.15) is 29.3 Å². The van der Waals surface area contributed by atoms with Crippen molar-refractivity contribution >= 4 is 11.1 Å². The summed E-state index contributed by atoms with van der Waals surface area (Å²) >= 11 is -1.86. The summed E-state index contributed by atoms with van der Waals surface area (Å²) in [5, 5.41) is 8.43. The molecule has 0 bridgehead atoms. The van der Waals surface area contributed by atoms with E-state index >= 15 is 0 Å². The molecule has 15 heavy (non-hydrogen) atoms. The predicted molar refractivity (Wildman–Crippen MR) is 59.6 cm³/mol. The lowest BCUT2D eigenvalue weighted by Gasteiger charge is -2.11. The molecule has 3 atom stereocenters. The summed E-state index contributed by atoms with van der Waals surface area (Å²) in [5.74, 6) is 0. The second kappa shape index (κ2) is 5.37. The van der Waals surface area contributed by atoms with E-state index in [2.05, 4.69) is 0 Å². The molecule has 0 amide bonds. The molecule has 4 N–H and O–H groups in total. The first kappa shape index (κ1) is 12.3. The van der Waals surface area contributed by atoms with Crippen LogP contribution in [0, 0.1) is 0 Å². The third-order valence-electron chi connectivity index (χ3n) is 2.33. The average molecular weight is 229 g/mol. The van der Waals surface area contributed by atoms with Gasteiger partial charge < -0.3 is 15.4 Å². The van der Waals surface area contributed by atoms with Crippen molar-refractivity contribution in [3.05, 3.63) is 35.4 Å². The highest BCUT2D eigenvalue weighted by molar-refractivity contribution is 7.79. The molecule has 0 spiro atoms. The molecule has 0 saturated carbocycles. The van der Waals surface area contributed by atoms with Gasteiger partial charge in [-0.15, -0.1) is 0 Å². The highest BCUT2D eigenvalue weighted by atomic mass is 32.2. The van der Waals surface area contributed by atoms with Crippen LogP contribution in [-0.4, -0.2) is 20.5 Å². The first-order chi connectivity index (χ1) is 7.06.